The Balaban J connectivity index is 2.38. The number of carboxylic acid groups (broad SMARTS) is 1. The first-order valence-electron chi connectivity index (χ1n) is 6.20. The maximum Gasteiger partial charge on any atom is 0.346 e. The molecule has 0 spiro atoms. The number of hydrogen-bond donors (Lipinski definition) is 2. The number of thiophene rings is 1. The third-order valence-electron chi connectivity index (χ3n) is 3.01. The van der Waals surface area contributed by atoms with Crippen LogP contribution in [-0.2, 0) is 5.75 Å². The van der Waals surface area contributed by atoms with Crippen LogP contribution in [0.2, 0.25) is 0 Å². The first-order chi connectivity index (χ1) is 9.54. The highest BCUT2D eigenvalue weighted by atomic mass is 32.2. The van der Waals surface area contributed by atoms with Crippen molar-refractivity contribution in [3.05, 3.63) is 34.5 Å². The van der Waals surface area contributed by atoms with E-state index in [0.29, 0.717) is 27.8 Å². The summed E-state index contributed by atoms with van der Waals surface area (Å²) in [5.41, 5.74) is 0.547. The number of hydrogen-bond acceptors (Lipinski definition) is 4. The molecule has 1 unspecified atom stereocenters. The van der Waals surface area contributed by atoms with Crippen molar-refractivity contribution >= 4 is 39.2 Å². The maximum absolute atomic E-state index is 14.0. The van der Waals surface area contributed by atoms with Gasteiger partial charge in [0.05, 0.1) is 0 Å². The lowest BCUT2D eigenvalue weighted by Crippen LogP contribution is -2.02. The summed E-state index contributed by atoms with van der Waals surface area (Å²) in [7, 11) is 0. The number of aromatic carboxylic acids is 1. The number of rotatable bonds is 6. The molecule has 0 saturated heterocycles. The molecular formula is C14H15FO3S2. The highest BCUT2D eigenvalue weighted by Gasteiger charge is 2.20. The largest absolute Gasteiger partial charge is 0.477 e. The Morgan fingerprint density at radius 2 is 2.25 bits per heavy atom. The van der Waals surface area contributed by atoms with Crippen LogP contribution in [0.25, 0.3) is 10.1 Å². The average Bonchev–Trinajstić information content (AvgIpc) is 2.77. The predicted molar refractivity (Wildman–Crippen MR) is 81.2 cm³/mol. The molecule has 2 aromatic rings. The number of carboxylic acids is 1. The molecule has 0 amide bonds. The van der Waals surface area contributed by atoms with Gasteiger partial charge in [-0.15, -0.1) is 11.3 Å². The Morgan fingerprint density at radius 1 is 1.50 bits per heavy atom. The second-order valence-electron chi connectivity index (χ2n) is 4.46. The van der Waals surface area contributed by atoms with Crippen LogP contribution in [0.5, 0.6) is 0 Å². The van der Waals surface area contributed by atoms with Crippen molar-refractivity contribution in [3.8, 4) is 0 Å². The van der Waals surface area contributed by atoms with Crippen molar-refractivity contribution in [2.75, 3.05) is 6.61 Å². The normalized spacial score (nSPS) is 12.8. The Kier molecular flexibility index (Phi) is 5.01. The maximum atomic E-state index is 14.0. The van der Waals surface area contributed by atoms with Crippen LogP contribution in [0.4, 0.5) is 4.39 Å². The van der Waals surface area contributed by atoms with Gasteiger partial charge in [-0.1, -0.05) is 13.0 Å². The Bertz CT molecular complexity index is 624. The molecule has 2 N–H and O–H groups in total. The summed E-state index contributed by atoms with van der Waals surface area (Å²) >= 11 is 2.64. The Hall–Kier alpha value is -1.11. The SMILES string of the molecule is CC(CCO)SCc1c(C(=O)O)sc2cccc(F)c12. The molecule has 1 aromatic heterocycles. The van der Waals surface area contributed by atoms with Gasteiger partial charge in [0.2, 0.25) is 0 Å². The smallest absolute Gasteiger partial charge is 0.346 e. The number of thioether (sulfide) groups is 1. The van der Waals surface area contributed by atoms with Crippen LogP contribution in [0, 0.1) is 5.82 Å². The first kappa shape index (κ1) is 15.3. The van der Waals surface area contributed by atoms with Gasteiger partial charge in [-0.25, -0.2) is 9.18 Å². The van der Waals surface area contributed by atoms with Gasteiger partial charge in [0.25, 0.3) is 0 Å². The van der Waals surface area contributed by atoms with E-state index >= 15 is 0 Å². The zero-order chi connectivity index (χ0) is 14.7. The zero-order valence-corrected chi connectivity index (χ0v) is 12.6. The van der Waals surface area contributed by atoms with Crippen molar-refractivity contribution in [1.82, 2.24) is 0 Å². The Morgan fingerprint density at radius 3 is 2.90 bits per heavy atom. The quantitative estimate of drug-likeness (QED) is 0.853. The van der Waals surface area contributed by atoms with Crippen LogP contribution in [-0.4, -0.2) is 28.0 Å². The average molecular weight is 314 g/mol. The molecular weight excluding hydrogens is 299 g/mol. The molecule has 0 fully saturated rings. The van der Waals surface area contributed by atoms with E-state index in [1.165, 1.54) is 17.8 Å². The van der Waals surface area contributed by atoms with E-state index < -0.39 is 5.97 Å². The van der Waals surface area contributed by atoms with E-state index in [9.17, 15) is 14.3 Å². The summed E-state index contributed by atoms with van der Waals surface area (Å²) in [5.74, 6) is -0.961. The summed E-state index contributed by atoms with van der Waals surface area (Å²) in [5, 5.41) is 18.8. The molecule has 1 atom stereocenters. The van der Waals surface area contributed by atoms with Crippen LogP contribution >= 0.6 is 23.1 Å². The topological polar surface area (TPSA) is 57.5 Å². The van der Waals surface area contributed by atoms with Gasteiger partial charge in [-0.2, -0.15) is 11.8 Å². The lowest BCUT2D eigenvalue weighted by molar-refractivity contribution is 0.0701. The van der Waals surface area contributed by atoms with Gasteiger partial charge in [-0.05, 0) is 24.1 Å². The number of halogens is 1. The predicted octanol–water partition coefficient (Wildman–Crippen LogP) is 3.74. The fourth-order valence-corrected chi connectivity index (χ4v) is 4.15. The van der Waals surface area contributed by atoms with Gasteiger partial charge in [0.15, 0.2) is 0 Å². The van der Waals surface area contributed by atoms with E-state index in [1.54, 1.807) is 12.1 Å². The molecule has 0 bridgehead atoms. The molecule has 0 aliphatic heterocycles. The zero-order valence-electron chi connectivity index (χ0n) is 10.9. The molecule has 108 valence electrons. The standard InChI is InChI=1S/C14H15FO3S2/c1-8(5-6-16)19-7-9-12-10(15)3-2-4-11(12)20-13(9)14(17)18/h2-4,8,16H,5-7H2,1H3,(H,17,18). The van der Waals surface area contributed by atoms with Crippen LogP contribution in [0.1, 0.15) is 28.6 Å². The molecule has 0 aliphatic carbocycles. The summed E-state index contributed by atoms with van der Waals surface area (Å²) < 4.78 is 14.6. The molecule has 6 heteroatoms. The highest BCUT2D eigenvalue weighted by molar-refractivity contribution is 7.99. The van der Waals surface area contributed by atoms with Crippen molar-refractivity contribution in [3.63, 3.8) is 0 Å². The molecule has 0 saturated carbocycles. The fraction of sp³-hybridized carbons (Fsp3) is 0.357. The monoisotopic (exact) mass is 314 g/mol. The number of benzene rings is 1. The van der Waals surface area contributed by atoms with Crippen LogP contribution < -0.4 is 0 Å². The lowest BCUT2D eigenvalue weighted by atomic mass is 10.1. The van der Waals surface area contributed by atoms with E-state index in [4.69, 9.17) is 5.11 Å². The molecule has 3 nitrogen and oxygen atoms in total. The molecule has 0 aliphatic rings. The summed E-state index contributed by atoms with van der Waals surface area (Å²) in [6.45, 7) is 2.06. The van der Waals surface area contributed by atoms with Crippen LogP contribution in [0.3, 0.4) is 0 Å². The van der Waals surface area contributed by atoms with Gasteiger partial charge in [-0.3, -0.25) is 0 Å². The third kappa shape index (κ3) is 3.13. The Labute approximate surface area is 124 Å². The van der Waals surface area contributed by atoms with Crippen molar-refractivity contribution in [2.45, 2.75) is 24.3 Å². The molecule has 1 heterocycles. The molecule has 20 heavy (non-hydrogen) atoms. The van der Waals surface area contributed by atoms with Gasteiger partial charge in [0, 0.05) is 27.7 Å². The van der Waals surface area contributed by atoms with E-state index in [1.807, 2.05) is 6.92 Å². The molecule has 2 rings (SSSR count). The van der Waals surface area contributed by atoms with Gasteiger partial charge < -0.3 is 10.2 Å². The fourth-order valence-electron chi connectivity index (χ4n) is 1.97. The molecule has 1 aromatic carbocycles. The second-order valence-corrected chi connectivity index (χ2v) is 6.94. The number of aliphatic hydroxyl groups excluding tert-OH is 1. The van der Waals surface area contributed by atoms with E-state index in [0.717, 1.165) is 11.3 Å². The highest BCUT2D eigenvalue weighted by Crippen LogP contribution is 2.36. The number of carbonyl (C=O) groups is 1. The minimum atomic E-state index is -1.02. The lowest BCUT2D eigenvalue weighted by Gasteiger charge is -2.09. The van der Waals surface area contributed by atoms with Gasteiger partial charge in [0.1, 0.15) is 10.7 Å². The molecule has 0 radical (unpaired) electrons. The minimum Gasteiger partial charge on any atom is -0.477 e. The number of aliphatic hydroxyl groups is 1. The van der Waals surface area contributed by atoms with E-state index in [2.05, 4.69) is 0 Å². The summed E-state index contributed by atoms with van der Waals surface area (Å²) in [6, 6.07) is 4.68. The van der Waals surface area contributed by atoms with Gasteiger partial charge >= 0.3 is 5.97 Å². The van der Waals surface area contributed by atoms with Crippen molar-refractivity contribution < 1.29 is 19.4 Å². The summed E-state index contributed by atoms with van der Waals surface area (Å²) in [4.78, 5) is 11.5. The number of fused-ring (bicyclic) bond motifs is 1. The van der Waals surface area contributed by atoms with Crippen LogP contribution in [0.15, 0.2) is 18.2 Å². The van der Waals surface area contributed by atoms with Crippen molar-refractivity contribution in [1.29, 1.82) is 0 Å². The van der Waals surface area contributed by atoms with E-state index in [-0.39, 0.29) is 22.6 Å². The van der Waals surface area contributed by atoms with Crippen molar-refractivity contribution in [2.24, 2.45) is 0 Å². The second kappa shape index (κ2) is 6.56. The first-order valence-corrected chi connectivity index (χ1v) is 8.06. The minimum absolute atomic E-state index is 0.0959. The summed E-state index contributed by atoms with van der Waals surface area (Å²) in [6.07, 6.45) is 0.637. The third-order valence-corrected chi connectivity index (χ3v) is 5.45.